The van der Waals surface area contributed by atoms with Crippen LogP contribution in [-0.2, 0) is 5.60 Å². The zero-order chi connectivity index (χ0) is 13.6. The second-order valence-corrected chi connectivity index (χ2v) is 6.07. The SMILES string of the molecule is Cc1ccc2oc(C(C)(O)c3sccc3C)cc2c1. The molecule has 2 aromatic heterocycles. The Hall–Kier alpha value is -1.58. The lowest BCUT2D eigenvalue weighted by molar-refractivity contribution is 0.0818. The standard InChI is InChI=1S/C16H16O2S/c1-10-4-5-13-12(8-10)9-14(18-13)16(3,17)15-11(2)6-7-19-15/h4-9,17H,1-3H3. The number of rotatable bonds is 2. The van der Waals surface area contributed by atoms with Crippen LogP contribution in [0.1, 0.15) is 28.7 Å². The van der Waals surface area contributed by atoms with Crippen LogP contribution in [0, 0.1) is 13.8 Å². The Morgan fingerprint density at radius 3 is 2.63 bits per heavy atom. The smallest absolute Gasteiger partial charge is 0.154 e. The molecule has 1 N–H and O–H groups in total. The summed E-state index contributed by atoms with van der Waals surface area (Å²) in [6.07, 6.45) is 0. The van der Waals surface area contributed by atoms with Crippen molar-refractivity contribution in [2.45, 2.75) is 26.4 Å². The number of furan rings is 1. The van der Waals surface area contributed by atoms with Crippen molar-refractivity contribution in [3.63, 3.8) is 0 Å². The lowest BCUT2D eigenvalue weighted by Gasteiger charge is -2.20. The van der Waals surface area contributed by atoms with E-state index >= 15 is 0 Å². The molecule has 0 spiro atoms. The Morgan fingerprint density at radius 1 is 1.16 bits per heavy atom. The molecular weight excluding hydrogens is 256 g/mol. The van der Waals surface area contributed by atoms with E-state index in [-0.39, 0.29) is 0 Å². The normalized spacial score (nSPS) is 14.7. The minimum Gasteiger partial charge on any atom is -0.458 e. The molecule has 0 aliphatic heterocycles. The van der Waals surface area contributed by atoms with Crippen molar-refractivity contribution in [1.29, 1.82) is 0 Å². The maximum Gasteiger partial charge on any atom is 0.154 e. The van der Waals surface area contributed by atoms with Crippen molar-refractivity contribution in [2.75, 3.05) is 0 Å². The van der Waals surface area contributed by atoms with Crippen molar-refractivity contribution in [1.82, 2.24) is 0 Å². The quantitative estimate of drug-likeness (QED) is 0.751. The van der Waals surface area contributed by atoms with Crippen LogP contribution in [0.4, 0.5) is 0 Å². The summed E-state index contributed by atoms with van der Waals surface area (Å²) in [6.45, 7) is 5.84. The van der Waals surface area contributed by atoms with Gasteiger partial charge < -0.3 is 9.52 Å². The molecule has 98 valence electrons. The van der Waals surface area contributed by atoms with Crippen molar-refractivity contribution >= 4 is 22.3 Å². The molecule has 0 fully saturated rings. The maximum atomic E-state index is 10.8. The lowest BCUT2D eigenvalue weighted by Crippen LogP contribution is -2.21. The van der Waals surface area contributed by atoms with E-state index in [0.29, 0.717) is 5.76 Å². The van der Waals surface area contributed by atoms with Crippen molar-refractivity contribution < 1.29 is 9.52 Å². The molecular formula is C16H16O2S. The van der Waals surface area contributed by atoms with Gasteiger partial charge in [0.1, 0.15) is 11.3 Å². The van der Waals surface area contributed by atoms with Gasteiger partial charge in [0.05, 0.1) is 0 Å². The summed E-state index contributed by atoms with van der Waals surface area (Å²) in [6, 6.07) is 9.98. The first-order valence-corrected chi connectivity index (χ1v) is 7.14. The maximum absolute atomic E-state index is 10.8. The van der Waals surface area contributed by atoms with Gasteiger partial charge in [0.25, 0.3) is 0 Å². The molecule has 1 unspecified atom stereocenters. The molecule has 2 nitrogen and oxygen atoms in total. The highest BCUT2D eigenvalue weighted by atomic mass is 32.1. The van der Waals surface area contributed by atoms with E-state index in [9.17, 15) is 5.11 Å². The van der Waals surface area contributed by atoms with Crippen LogP contribution in [-0.4, -0.2) is 5.11 Å². The van der Waals surface area contributed by atoms with Crippen LogP contribution in [0.15, 0.2) is 40.1 Å². The van der Waals surface area contributed by atoms with E-state index in [2.05, 4.69) is 6.07 Å². The molecule has 19 heavy (non-hydrogen) atoms. The largest absolute Gasteiger partial charge is 0.458 e. The summed E-state index contributed by atoms with van der Waals surface area (Å²) in [7, 11) is 0. The molecule has 0 aliphatic rings. The van der Waals surface area contributed by atoms with E-state index < -0.39 is 5.60 Å². The first kappa shape index (κ1) is 12.5. The molecule has 3 aromatic rings. The Morgan fingerprint density at radius 2 is 1.95 bits per heavy atom. The van der Waals surface area contributed by atoms with Gasteiger partial charge in [-0.3, -0.25) is 0 Å². The van der Waals surface area contributed by atoms with E-state index in [4.69, 9.17) is 4.42 Å². The highest BCUT2D eigenvalue weighted by Gasteiger charge is 2.32. The second kappa shape index (κ2) is 4.22. The van der Waals surface area contributed by atoms with E-state index in [1.165, 1.54) is 5.56 Å². The number of aryl methyl sites for hydroxylation is 2. The highest BCUT2D eigenvalue weighted by Crippen LogP contribution is 2.37. The molecule has 0 aliphatic carbocycles. The van der Waals surface area contributed by atoms with Crippen LogP contribution < -0.4 is 0 Å². The second-order valence-electron chi connectivity index (χ2n) is 5.16. The minimum atomic E-state index is -1.08. The number of thiophene rings is 1. The van der Waals surface area contributed by atoms with Crippen LogP contribution in [0.2, 0.25) is 0 Å². The highest BCUT2D eigenvalue weighted by molar-refractivity contribution is 7.10. The molecule has 0 bridgehead atoms. The number of hydrogen-bond acceptors (Lipinski definition) is 3. The summed E-state index contributed by atoms with van der Waals surface area (Å²) in [5.41, 5.74) is 2.01. The summed E-state index contributed by atoms with van der Waals surface area (Å²) in [4.78, 5) is 0.934. The molecule has 2 heterocycles. The molecule has 1 aromatic carbocycles. The van der Waals surface area contributed by atoms with Gasteiger partial charge in [0, 0.05) is 10.3 Å². The predicted molar refractivity (Wildman–Crippen MR) is 78.7 cm³/mol. The third-order valence-electron chi connectivity index (χ3n) is 3.46. The minimum absolute atomic E-state index is 0.596. The van der Waals surface area contributed by atoms with Gasteiger partial charge in [0.2, 0.25) is 0 Å². The topological polar surface area (TPSA) is 33.4 Å². The van der Waals surface area contributed by atoms with Crippen LogP contribution in [0.5, 0.6) is 0 Å². The first-order valence-electron chi connectivity index (χ1n) is 6.26. The van der Waals surface area contributed by atoms with Crippen LogP contribution in [0.3, 0.4) is 0 Å². The van der Waals surface area contributed by atoms with Crippen molar-refractivity contribution in [2.24, 2.45) is 0 Å². The third-order valence-corrected chi connectivity index (χ3v) is 4.68. The fourth-order valence-corrected chi connectivity index (χ4v) is 3.38. The van der Waals surface area contributed by atoms with Crippen LogP contribution >= 0.6 is 11.3 Å². The number of aliphatic hydroxyl groups is 1. The Bertz CT molecular complexity index is 734. The van der Waals surface area contributed by atoms with Gasteiger partial charge in [-0.15, -0.1) is 11.3 Å². The van der Waals surface area contributed by atoms with Gasteiger partial charge in [-0.1, -0.05) is 11.6 Å². The number of fused-ring (bicyclic) bond motifs is 1. The molecule has 3 rings (SSSR count). The third kappa shape index (κ3) is 1.99. The fraction of sp³-hybridized carbons (Fsp3) is 0.250. The zero-order valence-corrected chi connectivity index (χ0v) is 12.0. The van der Waals surface area contributed by atoms with Gasteiger partial charge in [-0.2, -0.15) is 0 Å². The van der Waals surface area contributed by atoms with Gasteiger partial charge in [-0.25, -0.2) is 0 Å². The summed E-state index contributed by atoms with van der Waals surface area (Å²) in [5, 5.41) is 13.8. The summed E-state index contributed by atoms with van der Waals surface area (Å²) in [5.74, 6) is 0.596. The van der Waals surface area contributed by atoms with Crippen LogP contribution in [0.25, 0.3) is 11.0 Å². The molecule has 3 heteroatoms. The first-order chi connectivity index (χ1) is 8.98. The molecule has 0 radical (unpaired) electrons. The van der Waals surface area contributed by atoms with Crippen molar-refractivity contribution in [3.05, 3.63) is 57.5 Å². The molecule has 0 saturated heterocycles. The Balaban J connectivity index is 2.15. The molecule has 0 saturated carbocycles. The summed E-state index contributed by atoms with van der Waals surface area (Å²) >= 11 is 1.55. The number of benzene rings is 1. The monoisotopic (exact) mass is 272 g/mol. The van der Waals surface area contributed by atoms with Crippen molar-refractivity contribution in [3.8, 4) is 0 Å². The number of hydrogen-bond donors (Lipinski definition) is 1. The van der Waals surface area contributed by atoms with Gasteiger partial charge in [-0.05, 0) is 56.0 Å². The molecule has 0 amide bonds. The van der Waals surface area contributed by atoms with E-state index in [0.717, 1.165) is 21.4 Å². The Kier molecular flexibility index (Phi) is 2.77. The Labute approximate surface area is 116 Å². The zero-order valence-electron chi connectivity index (χ0n) is 11.2. The lowest BCUT2D eigenvalue weighted by atomic mass is 9.98. The predicted octanol–water partition coefficient (Wildman–Crippen LogP) is 4.37. The van der Waals surface area contributed by atoms with Gasteiger partial charge >= 0.3 is 0 Å². The fourth-order valence-electron chi connectivity index (χ4n) is 2.39. The van der Waals surface area contributed by atoms with Gasteiger partial charge in [0.15, 0.2) is 5.60 Å². The average Bonchev–Trinajstić information content (AvgIpc) is 2.94. The summed E-state index contributed by atoms with van der Waals surface area (Å²) < 4.78 is 5.82. The average molecular weight is 272 g/mol. The molecule has 1 atom stereocenters. The van der Waals surface area contributed by atoms with E-state index in [1.807, 2.05) is 43.5 Å². The van der Waals surface area contributed by atoms with E-state index in [1.54, 1.807) is 18.3 Å².